The molecule has 0 radical (unpaired) electrons. The minimum Gasteiger partial charge on any atom is -0.494 e. The van der Waals surface area contributed by atoms with Gasteiger partial charge in [0.1, 0.15) is 6.10 Å². The lowest BCUT2D eigenvalue weighted by molar-refractivity contribution is -0.116. The number of hydrogen-bond acceptors (Lipinski definition) is 4. The van der Waals surface area contributed by atoms with E-state index in [0.717, 1.165) is 0 Å². The van der Waals surface area contributed by atoms with Gasteiger partial charge in [-0.3, -0.25) is 4.79 Å². The largest absolute Gasteiger partial charge is 0.494 e. The van der Waals surface area contributed by atoms with Crippen LogP contribution in [0.4, 0.5) is 0 Å². The Morgan fingerprint density at radius 3 is 2.21 bits per heavy atom. The number of carbonyl (C=O) groups excluding carboxylic acids is 1. The highest BCUT2D eigenvalue weighted by molar-refractivity contribution is 6.08. The highest BCUT2D eigenvalue weighted by Gasteiger charge is 2.32. The van der Waals surface area contributed by atoms with Crippen LogP contribution >= 0.6 is 0 Å². The fraction of sp³-hybridized carbons (Fsp3) is 0.500. The molecule has 1 N–H and O–H groups in total. The molecule has 4 nitrogen and oxygen atoms in total. The van der Waals surface area contributed by atoms with Crippen molar-refractivity contribution < 1.29 is 19.4 Å². The third-order valence-corrected chi connectivity index (χ3v) is 2.44. The van der Waals surface area contributed by atoms with Gasteiger partial charge in [-0.2, -0.15) is 0 Å². The Bertz CT molecular complexity index is 325. The summed E-state index contributed by atoms with van der Waals surface area (Å²) < 4.78 is 9.85. The molecule has 1 rings (SSSR count). The summed E-state index contributed by atoms with van der Waals surface area (Å²) in [6.45, 7) is 3.36. The van der Waals surface area contributed by atoms with Gasteiger partial charge in [0.15, 0.2) is 5.76 Å². The molecule has 14 heavy (non-hydrogen) atoms. The van der Waals surface area contributed by atoms with E-state index in [2.05, 4.69) is 0 Å². The van der Waals surface area contributed by atoms with E-state index in [1.807, 2.05) is 0 Å². The maximum absolute atomic E-state index is 11.6. The summed E-state index contributed by atoms with van der Waals surface area (Å²) in [4.78, 5) is 11.6. The van der Waals surface area contributed by atoms with Crippen molar-refractivity contribution in [3.05, 3.63) is 22.7 Å². The lowest BCUT2D eigenvalue weighted by Crippen LogP contribution is -2.27. The molecule has 0 saturated heterocycles. The second-order valence-corrected chi connectivity index (χ2v) is 3.14. The predicted octanol–water partition coefficient (Wildman–Crippen LogP) is 0.771. The van der Waals surface area contributed by atoms with E-state index >= 15 is 0 Å². The minimum absolute atomic E-state index is 0.0862. The third-order valence-electron chi connectivity index (χ3n) is 2.44. The van der Waals surface area contributed by atoms with Crippen molar-refractivity contribution >= 4 is 5.78 Å². The summed E-state index contributed by atoms with van der Waals surface area (Å²) in [5.41, 5.74) is 1.11. The highest BCUT2D eigenvalue weighted by Crippen LogP contribution is 2.28. The maximum Gasteiger partial charge on any atom is 0.226 e. The molecule has 0 heterocycles. The van der Waals surface area contributed by atoms with Crippen LogP contribution in [0.5, 0.6) is 0 Å². The van der Waals surface area contributed by atoms with Crippen molar-refractivity contribution in [1.29, 1.82) is 0 Å². The number of hydrogen-bond donors (Lipinski definition) is 1. The Hall–Kier alpha value is -1.29. The number of aliphatic hydroxyl groups is 1. The van der Waals surface area contributed by atoms with Gasteiger partial charge in [0.05, 0.1) is 14.2 Å². The maximum atomic E-state index is 11.6. The molecular weight excluding hydrogens is 184 g/mol. The first-order chi connectivity index (χ1) is 6.54. The quantitative estimate of drug-likeness (QED) is 0.712. The zero-order chi connectivity index (χ0) is 10.9. The van der Waals surface area contributed by atoms with Crippen molar-refractivity contribution in [2.45, 2.75) is 20.0 Å². The molecule has 0 fully saturated rings. The third kappa shape index (κ3) is 1.42. The first-order valence-electron chi connectivity index (χ1n) is 4.26. The molecule has 4 heteroatoms. The molecule has 1 unspecified atom stereocenters. The molecule has 0 aromatic rings. The topological polar surface area (TPSA) is 55.8 Å². The Balaban J connectivity index is 3.24. The van der Waals surface area contributed by atoms with E-state index in [1.165, 1.54) is 14.2 Å². The number of methoxy groups -OCH3 is 2. The number of allylic oxidation sites excluding steroid dienone is 1. The molecule has 0 spiro atoms. The molecule has 0 aliphatic heterocycles. The first kappa shape index (κ1) is 10.8. The van der Waals surface area contributed by atoms with Gasteiger partial charge in [-0.25, -0.2) is 0 Å². The van der Waals surface area contributed by atoms with E-state index in [-0.39, 0.29) is 17.3 Å². The molecule has 78 valence electrons. The summed E-state index contributed by atoms with van der Waals surface area (Å²) in [6.07, 6.45) is -0.882. The molecule has 1 aliphatic rings. The number of Topliss-reactive ketones (excluding diaryl/α,β-unsaturated/α-hetero) is 1. The van der Waals surface area contributed by atoms with Gasteiger partial charge in [-0.15, -0.1) is 0 Å². The molecule has 1 aliphatic carbocycles. The Morgan fingerprint density at radius 1 is 1.21 bits per heavy atom. The number of carbonyl (C=O) groups is 1. The average molecular weight is 198 g/mol. The standard InChI is InChI=1S/C10H14O4/c1-5-6(2)8(12)10(14-4)9(13-3)7(5)11/h7,11H,1-4H3. The van der Waals surface area contributed by atoms with E-state index < -0.39 is 6.10 Å². The normalized spacial score (nSPS) is 22.9. The van der Waals surface area contributed by atoms with Crippen LogP contribution in [0.1, 0.15) is 13.8 Å². The van der Waals surface area contributed by atoms with Crippen LogP contribution in [-0.4, -0.2) is 31.2 Å². The molecule has 0 saturated carbocycles. The monoisotopic (exact) mass is 198 g/mol. The van der Waals surface area contributed by atoms with Crippen molar-refractivity contribution in [3.63, 3.8) is 0 Å². The van der Waals surface area contributed by atoms with Gasteiger partial charge in [0, 0.05) is 5.57 Å². The lowest BCUT2D eigenvalue weighted by atomic mass is 9.93. The summed E-state index contributed by atoms with van der Waals surface area (Å²) in [5, 5.41) is 9.75. The lowest BCUT2D eigenvalue weighted by Gasteiger charge is -2.24. The second-order valence-electron chi connectivity index (χ2n) is 3.14. The molecule has 0 bridgehead atoms. The average Bonchev–Trinajstić information content (AvgIpc) is 2.20. The van der Waals surface area contributed by atoms with E-state index in [9.17, 15) is 9.90 Å². The predicted molar refractivity (Wildman–Crippen MR) is 50.4 cm³/mol. The Kier molecular flexibility index (Phi) is 2.96. The summed E-state index contributed by atoms with van der Waals surface area (Å²) in [5.74, 6) is 0.0378. The minimum atomic E-state index is -0.882. The van der Waals surface area contributed by atoms with E-state index in [1.54, 1.807) is 13.8 Å². The van der Waals surface area contributed by atoms with Crippen LogP contribution in [0, 0.1) is 0 Å². The SMILES string of the molecule is COC1=C(OC)C(O)C(C)=C(C)C1=O. The van der Waals surface area contributed by atoms with Gasteiger partial charge < -0.3 is 14.6 Å². The summed E-state index contributed by atoms with van der Waals surface area (Å²) in [6, 6.07) is 0. The van der Waals surface area contributed by atoms with Crippen molar-refractivity contribution in [3.8, 4) is 0 Å². The van der Waals surface area contributed by atoms with Gasteiger partial charge in [0.25, 0.3) is 0 Å². The van der Waals surface area contributed by atoms with Crippen molar-refractivity contribution in [1.82, 2.24) is 0 Å². The summed E-state index contributed by atoms with van der Waals surface area (Å²) in [7, 11) is 2.78. The zero-order valence-corrected chi connectivity index (χ0v) is 8.75. The molecule has 1 atom stereocenters. The Morgan fingerprint density at radius 2 is 1.79 bits per heavy atom. The molecule has 0 aromatic carbocycles. The highest BCUT2D eigenvalue weighted by atomic mass is 16.5. The van der Waals surface area contributed by atoms with Crippen LogP contribution in [-0.2, 0) is 14.3 Å². The number of aliphatic hydroxyl groups excluding tert-OH is 1. The van der Waals surface area contributed by atoms with Gasteiger partial charge >= 0.3 is 0 Å². The number of rotatable bonds is 2. The van der Waals surface area contributed by atoms with E-state index in [4.69, 9.17) is 9.47 Å². The van der Waals surface area contributed by atoms with E-state index in [0.29, 0.717) is 11.1 Å². The zero-order valence-electron chi connectivity index (χ0n) is 8.75. The smallest absolute Gasteiger partial charge is 0.226 e. The van der Waals surface area contributed by atoms with Gasteiger partial charge in [-0.05, 0) is 19.4 Å². The van der Waals surface area contributed by atoms with Crippen LogP contribution in [0.25, 0.3) is 0 Å². The fourth-order valence-electron chi connectivity index (χ4n) is 1.38. The van der Waals surface area contributed by atoms with Crippen LogP contribution in [0.15, 0.2) is 22.7 Å². The van der Waals surface area contributed by atoms with Gasteiger partial charge in [-0.1, -0.05) is 0 Å². The van der Waals surface area contributed by atoms with Crippen LogP contribution in [0.3, 0.4) is 0 Å². The Labute approximate surface area is 82.8 Å². The van der Waals surface area contributed by atoms with Crippen molar-refractivity contribution in [2.24, 2.45) is 0 Å². The molecule has 0 amide bonds. The van der Waals surface area contributed by atoms with Gasteiger partial charge in [0.2, 0.25) is 11.5 Å². The van der Waals surface area contributed by atoms with Crippen molar-refractivity contribution in [2.75, 3.05) is 14.2 Å². The summed E-state index contributed by atoms with van der Waals surface area (Å²) >= 11 is 0. The molecular formula is C10H14O4. The van der Waals surface area contributed by atoms with Crippen LogP contribution < -0.4 is 0 Å². The fourth-order valence-corrected chi connectivity index (χ4v) is 1.38. The van der Waals surface area contributed by atoms with Crippen LogP contribution in [0.2, 0.25) is 0 Å². The molecule has 0 aromatic heterocycles. The first-order valence-corrected chi connectivity index (χ1v) is 4.26. The number of ether oxygens (including phenoxy) is 2. The number of ketones is 1. The second kappa shape index (κ2) is 3.84.